The lowest BCUT2D eigenvalue weighted by Gasteiger charge is -2.18. The van der Waals surface area contributed by atoms with E-state index in [0.717, 1.165) is 18.5 Å². The Balaban J connectivity index is 0.000000810. The van der Waals surface area contributed by atoms with Crippen LogP contribution < -0.4 is 0 Å². The highest BCUT2D eigenvalue weighted by molar-refractivity contribution is 6.18. The van der Waals surface area contributed by atoms with E-state index < -0.39 is 0 Å². The zero-order chi connectivity index (χ0) is 6.69. The number of alkyl halides is 1. The van der Waals surface area contributed by atoms with Crippen molar-refractivity contribution >= 4 is 24.0 Å². The van der Waals surface area contributed by atoms with Crippen molar-refractivity contribution in [1.29, 1.82) is 0 Å². The van der Waals surface area contributed by atoms with Gasteiger partial charge in [-0.2, -0.15) is 0 Å². The normalized spacial score (nSPS) is 26.4. The summed E-state index contributed by atoms with van der Waals surface area (Å²) >= 11 is 5.61. The molecule has 0 aromatic rings. The van der Waals surface area contributed by atoms with E-state index in [-0.39, 0.29) is 12.4 Å². The zero-order valence-electron chi connectivity index (χ0n) is 6.35. The Morgan fingerprint density at radius 1 is 1.60 bits per heavy atom. The second-order valence-electron chi connectivity index (χ2n) is 2.72. The third kappa shape index (κ3) is 2.65. The molecule has 3 heteroatoms. The van der Waals surface area contributed by atoms with Crippen LogP contribution in [0.4, 0.5) is 0 Å². The smallest absolute Gasteiger partial charge is 0.0351 e. The Morgan fingerprint density at radius 3 is 2.70 bits per heavy atom. The lowest BCUT2D eigenvalue weighted by Crippen LogP contribution is -2.28. The third-order valence-corrected chi connectivity index (χ3v) is 2.23. The molecular weight excluding hydrogens is 169 g/mol. The second-order valence-corrected chi connectivity index (χ2v) is 3.09. The molecule has 1 saturated heterocycles. The minimum atomic E-state index is 0. The van der Waals surface area contributed by atoms with Crippen molar-refractivity contribution in [2.45, 2.75) is 25.8 Å². The van der Waals surface area contributed by atoms with Crippen molar-refractivity contribution in [3.63, 3.8) is 0 Å². The molecule has 1 nitrogen and oxygen atoms in total. The second kappa shape index (κ2) is 5.22. The predicted molar refractivity (Wildman–Crippen MR) is 48.2 cm³/mol. The van der Waals surface area contributed by atoms with Gasteiger partial charge in [0, 0.05) is 18.5 Å². The van der Waals surface area contributed by atoms with Crippen molar-refractivity contribution < 1.29 is 0 Å². The van der Waals surface area contributed by atoms with Gasteiger partial charge < -0.3 is 0 Å². The maximum Gasteiger partial charge on any atom is 0.0351 e. The van der Waals surface area contributed by atoms with Crippen LogP contribution in [0, 0.1) is 0 Å². The Labute approximate surface area is 74.1 Å². The van der Waals surface area contributed by atoms with E-state index in [4.69, 9.17) is 11.6 Å². The first-order chi connectivity index (χ1) is 4.34. The monoisotopic (exact) mass is 183 g/mol. The molecule has 0 aromatic carbocycles. The fraction of sp³-hybridized carbons (Fsp3) is 1.00. The topological polar surface area (TPSA) is 3.24 Å². The van der Waals surface area contributed by atoms with E-state index in [1.165, 1.54) is 19.4 Å². The average Bonchev–Trinajstić information content (AvgIpc) is 2.18. The van der Waals surface area contributed by atoms with Crippen molar-refractivity contribution in [1.82, 2.24) is 4.90 Å². The first-order valence-electron chi connectivity index (χ1n) is 3.64. The fourth-order valence-corrected chi connectivity index (χ4v) is 1.65. The number of hydrogen-bond donors (Lipinski definition) is 0. The standard InChI is InChI=1S/C7H14ClN.ClH/c1-7-3-2-5-9(7)6-4-8;/h7H,2-6H2,1H3;1H/t7-;/m1./s1. The largest absolute Gasteiger partial charge is 0.299 e. The quantitative estimate of drug-likeness (QED) is 0.594. The summed E-state index contributed by atoms with van der Waals surface area (Å²) in [5, 5.41) is 0. The maximum atomic E-state index is 5.61. The molecule has 0 bridgehead atoms. The molecule has 1 rings (SSSR count). The summed E-state index contributed by atoms with van der Waals surface area (Å²) in [4.78, 5) is 2.45. The molecule has 62 valence electrons. The minimum Gasteiger partial charge on any atom is -0.299 e. The highest BCUT2D eigenvalue weighted by Gasteiger charge is 2.18. The molecule has 10 heavy (non-hydrogen) atoms. The Morgan fingerprint density at radius 2 is 2.30 bits per heavy atom. The van der Waals surface area contributed by atoms with Crippen molar-refractivity contribution in [3.8, 4) is 0 Å². The van der Waals surface area contributed by atoms with Crippen LogP contribution in [0.3, 0.4) is 0 Å². The first kappa shape index (κ1) is 10.5. The number of rotatable bonds is 2. The van der Waals surface area contributed by atoms with Crippen molar-refractivity contribution in [2.75, 3.05) is 19.0 Å². The summed E-state index contributed by atoms with van der Waals surface area (Å²) in [6.07, 6.45) is 2.72. The highest BCUT2D eigenvalue weighted by atomic mass is 35.5. The SMILES string of the molecule is C[C@@H]1CCCN1CCCl.Cl. The van der Waals surface area contributed by atoms with Crippen LogP contribution in [0.25, 0.3) is 0 Å². The molecular formula is C7H15Cl2N. The predicted octanol–water partition coefficient (Wildman–Crippen LogP) is 2.13. The summed E-state index contributed by atoms with van der Waals surface area (Å²) in [6.45, 7) is 4.61. The van der Waals surface area contributed by atoms with E-state index in [2.05, 4.69) is 11.8 Å². The molecule has 1 aliphatic heterocycles. The van der Waals surface area contributed by atoms with Gasteiger partial charge in [-0.1, -0.05) is 0 Å². The van der Waals surface area contributed by atoms with Gasteiger partial charge in [0.15, 0.2) is 0 Å². The van der Waals surface area contributed by atoms with Crippen LogP contribution in [0.5, 0.6) is 0 Å². The lowest BCUT2D eigenvalue weighted by atomic mass is 10.2. The molecule has 1 atom stereocenters. The molecule has 0 amide bonds. The number of likely N-dealkylation sites (tertiary alicyclic amines) is 1. The van der Waals surface area contributed by atoms with E-state index in [9.17, 15) is 0 Å². The van der Waals surface area contributed by atoms with Crippen LogP contribution in [0.1, 0.15) is 19.8 Å². The van der Waals surface area contributed by atoms with E-state index in [0.29, 0.717) is 0 Å². The summed E-state index contributed by atoms with van der Waals surface area (Å²) < 4.78 is 0. The highest BCUT2D eigenvalue weighted by Crippen LogP contribution is 2.15. The van der Waals surface area contributed by atoms with Gasteiger partial charge in [-0.3, -0.25) is 4.90 Å². The molecule has 1 heterocycles. The fourth-order valence-electron chi connectivity index (χ4n) is 1.43. The molecule has 1 fully saturated rings. The molecule has 0 saturated carbocycles. The third-order valence-electron chi connectivity index (χ3n) is 2.06. The molecule has 0 aliphatic carbocycles. The average molecular weight is 184 g/mol. The number of hydrogen-bond acceptors (Lipinski definition) is 1. The van der Waals surface area contributed by atoms with Crippen LogP contribution in [-0.4, -0.2) is 29.9 Å². The van der Waals surface area contributed by atoms with Crippen LogP contribution >= 0.6 is 24.0 Å². The van der Waals surface area contributed by atoms with E-state index >= 15 is 0 Å². The Kier molecular flexibility index (Phi) is 5.51. The molecule has 0 N–H and O–H groups in total. The van der Waals surface area contributed by atoms with Crippen molar-refractivity contribution in [3.05, 3.63) is 0 Å². The van der Waals surface area contributed by atoms with Gasteiger partial charge >= 0.3 is 0 Å². The maximum absolute atomic E-state index is 5.61. The van der Waals surface area contributed by atoms with Gasteiger partial charge in [-0.15, -0.1) is 24.0 Å². The van der Waals surface area contributed by atoms with E-state index in [1.807, 2.05) is 0 Å². The number of halogens is 2. The Bertz CT molecular complexity index is 87.7. The Hall–Kier alpha value is 0.540. The summed E-state index contributed by atoms with van der Waals surface area (Å²) in [5.41, 5.74) is 0. The van der Waals surface area contributed by atoms with Gasteiger partial charge in [0.05, 0.1) is 0 Å². The summed E-state index contributed by atoms with van der Waals surface area (Å²) in [7, 11) is 0. The first-order valence-corrected chi connectivity index (χ1v) is 4.18. The van der Waals surface area contributed by atoms with Crippen LogP contribution in [-0.2, 0) is 0 Å². The summed E-state index contributed by atoms with van der Waals surface area (Å²) in [5.74, 6) is 0.782. The minimum absolute atomic E-state index is 0. The summed E-state index contributed by atoms with van der Waals surface area (Å²) in [6, 6.07) is 0.781. The molecule has 1 aliphatic rings. The van der Waals surface area contributed by atoms with Gasteiger partial charge in [-0.05, 0) is 26.3 Å². The van der Waals surface area contributed by atoms with E-state index in [1.54, 1.807) is 0 Å². The van der Waals surface area contributed by atoms with Gasteiger partial charge in [0.1, 0.15) is 0 Å². The molecule has 0 radical (unpaired) electrons. The molecule has 0 aromatic heterocycles. The van der Waals surface area contributed by atoms with Gasteiger partial charge in [0.25, 0.3) is 0 Å². The lowest BCUT2D eigenvalue weighted by molar-refractivity contribution is 0.285. The van der Waals surface area contributed by atoms with Crippen LogP contribution in [0.2, 0.25) is 0 Å². The zero-order valence-corrected chi connectivity index (χ0v) is 7.92. The number of nitrogens with zero attached hydrogens (tertiary/aromatic N) is 1. The van der Waals surface area contributed by atoms with Crippen LogP contribution in [0.15, 0.2) is 0 Å². The van der Waals surface area contributed by atoms with Crippen molar-refractivity contribution in [2.24, 2.45) is 0 Å². The van der Waals surface area contributed by atoms with Gasteiger partial charge in [-0.25, -0.2) is 0 Å². The molecule has 0 spiro atoms. The molecule has 0 unspecified atom stereocenters. The van der Waals surface area contributed by atoms with Gasteiger partial charge in [0.2, 0.25) is 0 Å².